The van der Waals surface area contributed by atoms with Crippen molar-refractivity contribution in [1.29, 1.82) is 0 Å². The van der Waals surface area contributed by atoms with E-state index in [0.29, 0.717) is 11.5 Å². The average Bonchev–Trinajstić information content (AvgIpc) is 2.47. The van der Waals surface area contributed by atoms with Crippen molar-refractivity contribution in [3.05, 3.63) is 63.2 Å². The third-order valence-corrected chi connectivity index (χ3v) is 4.41. The fourth-order valence-electron chi connectivity index (χ4n) is 2.10. The summed E-state index contributed by atoms with van der Waals surface area (Å²) in [5.41, 5.74) is 2.81. The van der Waals surface area contributed by atoms with Crippen LogP contribution in [0, 0.1) is 3.57 Å². The highest BCUT2D eigenvalue weighted by atomic mass is 127. The maximum absolute atomic E-state index is 12.4. The summed E-state index contributed by atoms with van der Waals surface area (Å²) in [5, 5.41) is 3.04. The van der Waals surface area contributed by atoms with Crippen molar-refractivity contribution in [2.24, 2.45) is 0 Å². The summed E-state index contributed by atoms with van der Waals surface area (Å²) in [6, 6.07) is 15.6. The Bertz CT molecular complexity index is 609. The molecule has 0 heterocycles. The van der Waals surface area contributed by atoms with E-state index in [1.54, 1.807) is 0 Å². The van der Waals surface area contributed by atoms with Gasteiger partial charge in [-0.05, 0) is 58.7 Å². The summed E-state index contributed by atoms with van der Waals surface area (Å²) in [4.78, 5) is 12.4. The topological polar surface area (TPSA) is 29.1 Å². The summed E-state index contributed by atoms with van der Waals surface area (Å²) in [6.45, 7) is 4.33. The van der Waals surface area contributed by atoms with Crippen molar-refractivity contribution in [1.82, 2.24) is 0 Å². The fourth-order valence-corrected chi connectivity index (χ4v) is 2.73. The molecule has 1 atom stereocenters. The summed E-state index contributed by atoms with van der Waals surface area (Å²) < 4.78 is 0.962. The van der Waals surface area contributed by atoms with Crippen LogP contribution in [0.4, 0.5) is 5.69 Å². The van der Waals surface area contributed by atoms with Gasteiger partial charge < -0.3 is 5.32 Å². The van der Waals surface area contributed by atoms with Gasteiger partial charge in [-0.15, -0.1) is 0 Å². The number of hydrogen-bond acceptors (Lipinski definition) is 1. The zero-order valence-electron chi connectivity index (χ0n) is 11.7. The molecule has 0 saturated heterocycles. The standard InChI is InChI=1S/C17H18INO/c1-3-12(2)13-8-5-7-11-16(13)19-17(20)14-9-4-6-10-15(14)18/h4-12H,3H2,1-2H3,(H,19,20). The Morgan fingerprint density at radius 3 is 2.50 bits per heavy atom. The molecule has 104 valence electrons. The third-order valence-electron chi connectivity index (χ3n) is 3.47. The van der Waals surface area contributed by atoms with Crippen molar-refractivity contribution in [3.63, 3.8) is 0 Å². The molecule has 2 nitrogen and oxygen atoms in total. The van der Waals surface area contributed by atoms with Crippen LogP contribution >= 0.6 is 22.6 Å². The van der Waals surface area contributed by atoms with E-state index in [1.165, 1.54) is 5.56 Å². The van der Waals surface area contributed by atoms with E-state index >= 15 is 0 Å². The number of rotatable bonds is 4. The molecule has 0 saturated carbocycles. The molecule has 1 unspecified atom stereocenters. The minimum atomic E-state index is -0.0502. The lowest BCUT2D eigenvalue weighted by molar-refractivity contribution is 0.102. The third kappa shape index (κ3) is 3.39. The van der Waals surface area contributed by atoms with Crippen LogP contribution in [0.3, 0.4) is 0 Å². The second-order valence-electron chi connectivity index (χ2n) is 4.83. The van der Waals surface area contributed by atoms with Crippen LogP contribution in [0.15, 0.2) is 48.5 Å². The van der Waals surface area contributed by atoms with E-state index in [4.69, 9.17) is 0 Å². The highest BCUT2D eigenvalue weighted by Crippen LogP contribution is 2.27. The van der Waals surface area contributed by atoms with Gasteiger partial charge in [0.15, 0.2) is 0 Å². The van der Waals surface area contributed by atoms with E-state index in [2.05, 4.69) is 47.8 Å². The molecule has 2 aromatic rings. The van der Waals surface area contributed by atoms with Crippen LogP contribution in [0.1, 0.15) is 42.1 Å². The number of nitrogens with one attached hydrogen (secondary N) is 1. The molecule has 0 radical (unpaired) electrons. The first-order valence-electron chi connectivity index (χ1n) is 6.78. The predicted octanol–water partition coefficient (Wildman–Crippen LogP) is 5.06. The van der Waals surface area contributed by atoms with E-state index in [-0.39, 0.29) is 5.91 Å². The number of hydrogen-bond donors (Lipinski definition) is 1. The number of amides is 1. The molecule has 2 rings (SSSR count). The van der Waals surface area contributed by atoms with Gasteiger partial charge in [-0.3, -0.25) is 4.79 Å². The van der Waals surface area contributed by atoms with Crippen LogP contribution in [-0.2, 0) is 0 Å². The van der Waals surface area contributed by atoms with Crippen LogP contribution in [-0.4, -0.2) is 5.91 Å². The molecule has 0 aromatic heterocycles. The molecule has 0 spiro atoms. The Hall–Kier alpha value is -1.36. The van der Waals surface area contributed by atoms with Gasteiger partial charge in [0.2, 0.25) is 0 Å². The Labute approximate surface area is 133 Å². The smallest absolute Gasteiger partial charge is 0.256 e. The first kappa shape index (κ1) is 15.0. The Balaban J connectivity index is 2.27. The number of anilines is 1. The molecule has 0 aliphatic rings. The zero-order chi connectivity index (χ0) is 14.5. The summed E-state index contributed by atoms with van der Waals surface area (Å²) >= 11 is 2.19. The minimum Gasteiger partial charge on any atom is -0.322 e. The molecule has 0 aliphatic carbocycles. The van der Waals surface area contributed by atoms with Gasteiger partial charge in [0.05, 0.1) is 5.56 Å². The molecule has 0 bridgehead atoms. The molecular formula is C17H18INO. The maximum Gasteiger partial charge on any atom is 0.256 e. The SMILES string of the molecule is CCC(C)c1ccccc1NC(=O)c1ccccc1I. The predicted molar refractivity (Wildman–Crippen MR) is 92.3 cm³/mol. The maximum atomic E-state index is 12.4. The monoisotopic (exact) mass is 379 g/mol. The molecule has 1 amide bonds. The number of halogens is 1. The summed E-state index contributed by atoms with van der Waals surface area (Å²) in [5.74, 6) is 0.382. The van der Waals surface area contributed by atoms with Gasteiger partial charge in [0, 0.05) is 9.26 Å². The van der Waals surface area contributed by atoms with Crippen molar-refractivity contribution >= 4 is 34.2 Å². The molecular weight excluding hydrogens is 361 g/mol. The lowest BCUT2D eigenvalue weighted by atomic mass is 9.97. The molecule has 0 aliphatic heterocycles. The minimum absolute atomic E-state index is 0.0502. The van der Waals surface area contributed by atoms with E-state index < -0.39 is 0 Å². The van der Waals surface area contributed by atoms with Gasteiger partial charge in [0.25, 0.3) is 5.91 Å². The van der Waals surface area contributed by atoms with Gasteiger partial charge in [-0.25, -0.2) is 0 Å². The van der Waals surface area contributed by atoms with Crippen LogP contribution in [0.25, 0.3) is 0 Å². The average molecular weight is 379 g/mol. The first-order chi connectivity index (χ1) is 9.63. The lowest BCUT2D eigenvalue weighted by Crippen LogP contribution is -2.15. The number of para-hydroxylation sites is 1. The molecule has 3 heteroatoms. The molecule has 2 aromatic carbocycles. The van der Waals surface area contributed by atoms with Crippen molar-refractivity contribution in [2.45, 2.75) is 26.2 Å². The molecule has 0 fully saturated rings. The number of carbonyl (C=O) groups excluding carboxylic acids is 1. The van der Waals surface area contributed by atoms with Gasteiger partial charge in [0.1, 0.15) is 0 Å². The van der Waals surface area contributed by atoms with E-state index in [9.17, 15) is 4.79 Å². The van der Waals surface area contributed by atoms with Crippen molar-refractivity contribution < 1.29 is 4.79 Å². The van der Waals surface area contributed by atoms with E-state index in [0.717, 1.165) is 15.7 Å². The van der Waals surface area contributed by atoms with Crippen molar-refractivity contribution in [2.75, 3.05) is 5.32 Å². The normalized spacial score (nSPS) is 11.9. The summed E-state index contributed by atoms with van der Waals surface area (Å²) in [7, 11) is 0. The fraction of sp³-hybridized carbons (Fsp3) is 0.235. The Kier molecular flexibility index (Phi) is 5.17. The first-order valence-corrected chi connectivity index (χ1v) is 7.86. The second kappa shape index (κ2) is 6.88. The van der Waals surface area contributed by atoms with Crippen LogP contribution in [0.5, 0.6) is 0 Å². The molecule has 20 heavy (non-hydrogen) atoms. The van der Waals surface area contributed by atoms with Crippen molar-refractivity contribution in [3.8, 4) is 0 Å². The number of benzene rings is 2. The van der Waals surface area contributed by atoms with Crippen LogP contribution in [0.2, 0.25) is 0 Å². The highest BCUT2D eigenvalue weighted by Gasteiger charge is 2.13. The lowest BCUT2D eigenvalue weighted by Gasteiger charge is -2.16. The zero-order valence-corrected chi connectivity index (χ0v) is 13.8. The Morgan fingerprint density at radius 2 is 1.80 bits per heavy atom. The number of carbonyl (C=O) groups is 1. The summed E-state index contributed by atoms with van der Waals surface area (Å²) in [6.07, 6.45) is 1.05. The second-order valence-corrected chi connectivity index (χ2v) is 5.99. The van der Waals surface area contributed by atoms with Crippen LogP contribution < -0.4 is 5.32 Å². The highest BCUT2D eigenvalue weighted by molar-refractivity contribution is 14.1. The largest absolute Gasteiger partial charge is 0.322 e. The molecule has 1 N–H and O–H groups in total. The van der Waals surface area contributed by atoms with E-state index in [1.807, 2.05) is 42.5 Å². The van der Waals surface area contributed by atoms with Gasteiger partial charge >= 0.3 is 0 Å². The quantitative estimate of drug-likeness (QED) is 0.740. The Morgan fingerprint density at radius 1 is 1.15 bits per heavy atom. The van der Waals surface area contributed by atoms with Gasteiger partial charge in [-0.2, -0.15) is 0 Å². The van der Waals surface area contributed by atoms with Gasteiger partial charge in [-0.1, -0.05) is 44.2 Å².